The Morgan fingerprint density at radius 2 is 2.21 bits per heavy atom. The minimum Gasteiger partial charge on any atom is -0.475 e. The number of furan rings is 1. The number of nitrogens with two attached hydrogens (primary N) is 1. The molecule has 4 aromatic rings. The number of anilines is 1. The lowest BCUT2D eigenvalue weighted by Gasteiger charge is -2.09. The van der Waals surface area contributed by atoms with Crippen LogP contribution in [0.4, 0.5) is 20.2 Å². The van der Waals surface area contributed by atoms with Crippen LogP contribution in [-0.2, 0) is 11.3 Å². The molecule has 176 valence electrons. The zero-order valence-electron chi connectivity index (χ0n) is 17.2. The summed E-state index contributed by atoms with van der Waals surface area (Å²) in [7, 11) is 1.19. The Morgan fingerprint density at radius 1 is 1.44 bits per heavy atom. The third kappa shape index (κ3) is 4.15. The zero-order chi connectivity index (χ0) is 24.6. The highest BCUT2D eigenvalue weighted by atomic mass is 32.1. The van der Waals surface area contributed by atoms with Gasteiger partial charge in [-0.05, 0) is 18.2 Å². The number of nitro groups is 1. The van der Waals surface area contributed by atoms with Crippen LogP contribution in [-0.4, -0.2) is 38.6 Å². The number of hydrogen-bond donors (Lipinski definition) is 2. The minimum atomic E-state index is -2.90. The maximum Gasteiger partial charge on any atom is 0.350 e. The summed E-state index contributed by atoms with van der Waals surface area (Å²) in [6, 6.07) is 4.16. The van der Waals surface area contributed by atoms with Crippen molar-refractivity contribution in [3.05, 3.63) is 51.3 Å². The van der Waals surface area contributed by atoms with Crippen molar-refractivity contribution in [3.8, 4) is 17.2 Å². The molecule has 0 unspecified atom stereocenters. The number of thiophene rings is 1. The molecule has 0 fully saturated rings. The standard InChI is InChI=1S/C19H14F2N6O6S/c1-32-18-10(27(30)31)6-26(25-18)7-12(28)24-14-13-8(11-3-2-4-33-11)5-9(16(20)21)23-19(13)34-15(14)17(22)29/h2-6,16H,7H2,1H3,(H2,22,29)(H,24,28). The van der Waals surface area contributed by atoms with E-state index >= 15 is 0 Å². The van der Waals surface area contributed by atoms with Crippen molar-refractivity contribution in [2.75, 3.05) is 12.4 Å². The van der Waals surface area contributed by atoms with Gasteiger partial charge in [-0.3, -0.25) is 24.4 Å². The highest BCUT2D eigenvalue weighted by Gasteiger charge is 2.26. The Labute approximate surface area is 192 Å². The molecule has 0 saturated carbocycles. The van der Waals surface area contributed by atoms with Gasteiger partial charge >= 0.3 is 11.6 Å². The number of ether oxygens (including phenoxy) is 1. The molecule has 0 aliphatic heterocycles. The number of halogens is 2. The number of alkyl halides is 2. The quantitative estimate of drug-likeness (QED) is 0.279. The van der Waals surface area contributed by atoms with Crippen LogP contribution in [0, 0.1) is 10.1 Å². The van der Waals surface area contributed by atoms with Crippen LogP contribution in [0.25, 0.3) is 21.5 Å². The largest absolute Gasteiger partial charge is 0.475 e. The van der Waals surface area contributed by atoms with E-state index < -0.39 is 41.1 Å². The predicted octanol–water partition coefficient (Wildman–Crippen LogP) is 3.34. The Morgan fingerprint density at radius 3 is 2.76 bits per heavy atom. The van der Waals surface area contributed by atoms with Gasteiger partial charge < -0.3 is 20.2 Å². The van der Waals surface area contributed by atoms with Crippen LogP contribution in [0.3, 0.4) is 0 Å². The number of carbonyl (C=O) groups excluding carboxylic acids is 2. The number of fused-ring (bicyclic) bond motifs is 1. The van der Waals surface area contributed by atoms with Gasteiger partial charge in [-0.25, -0.2) is 13.8 Å². The number of pyridine rings is 1. The highest BCUT2D eigenvalue weighted by molar-refractivity contribution is 7.21. The molecular formula is C19H14F2N6O6S. The van der Waals surface area contributed by atoms with E-state index in [1.807, 2.05) is 0 Å². The summed E-state index contributed by atoms with van der Waals surface area (Å²) in [5.74, 6) is -1.74. The molecule has 0 aromatic carbocycles. The van der Waals surface area contributed by atoms with Gasteiger partial charge in [0.1, 0.15) is 33.9 Å². The minimum absolute atomic E-state index is 0.0321. The average Bonchev–Trinajstić information content (AvgIpc) is 3.51. The first-order valence-electron chi connectivity index (χ1n) is 9.34. The Hall–Kier alpha value is -4.40. The van der Waals surface area contributed by atoms with Gasteiger partial charge in [0.15, 0.2) is 0 Å². The lowest BCUT2D eigenvalue weighted by molar-refractivity contribution is -0.385. The molecule has 12 nitrogen and oxygen atoms in total. The van der Waals surface area contributed by atoms with Gasteiger partial charge in [0.25, 0.3) is 12.3 Å². The van der Waals surface area contributed by atoms with Crippen molar-refractivity contribution in [1.29, 1.82) is 0 Å². The smallest absolute Gasteiger partial charge is 0.350 e. The number of hydrogen-bond acceptors (Lipinski definition) is 9. The summed E-state index contributed by atoms with van der Waals surface area (Å²) in [6.07, 6.45) is -0.564. The second-order valence-electron chi connectivity index (χ2n) is 6.75. The number of rotatable bonds is 8. The molecule has 0 bridgehead atoms. The topological polar surface area (TPSA) is 168 Å². The van der Waals surface area contributed by atoms with Crippen LogP contribution in [0.15, 0.2) is 35.1 Å². The molecule has 15 heteroatoms. The molecule has 0 aliphatic rings. The van der Waals surface area contributed by atoms with Crippen molar-refractivity contribution in [2.45, 2.75) is 13.0 Å². The number of aromatic nitrogens is 3. The lowest BCUT2D eigenvalue weighted by atomic mass is 10.1. The average molecular weight is 492 g/mol. The zero-order valence-corrected chi connectivity index (χ0v) is 18.0. The fourth-order valence-electron chi connectivity index (χ4n) is 3.22. The number of nitrogens with zero attached hydrogens (tertiary/aromatic N) is 4. The Bertz CT molecular complexity index is 1410. The molecule has 0 spiro atoms. The van der Waals surface area contributed by atoms with Crippen molar-refractivity contribution >= 4 is 44.7 Å². The third-order valence-corrected chi connectivity index (χ3v) is 5.68. The van der Waals surface area contributed by atoms with Crippen molar-refractivity contribution in [2.24, 2.45) is 5.73 Å². The van der Waals surface area contributed by atoms with Gasteiger partial charge in [0, 0.05) is 10.9 Å². The second kappa shape index (κ2) is 8.86. The molecule has 4 rings (SSSR count). The van der Waals surface area contributed by atoms with Gasteiger partial charge in [-0.2, -0.15) is 0 Å². The molecule has 34 heavy (non-hydrogen) atoms. The van der Waals surface area contributed by atoms with Gasteiger partial charge in [0.2, 0.25) is 5.91 Å². The van der Waals surface area contributed by atoms with Crippen LogP contribution in [0.1, 0.15) is 21.8 Å². The molecule has 0 saturated heterocycles. The summed E-state index contributed by atoms with van der Waals surface area (Å²) in [6.45, 7) is -0.488. The van der Waals surface area contributed by atoms with Crippen LogP contribution >= 0.6 is 11.3 Å². The second-order valence-corrected chi connectivity index (χ2v) is 7.75. The van der Waals surface area contributed by atoms with E-state index in [2.05, 4.69) is 15.4 Å². The third-order valence-electron chi connectivity index (χ3n) is 4.59. The monoisotopic (exact) mass is 492 g/mol. The number of carbonyl (C=O) groups is 2. The first-order chi connectivity index (χ1) is 16.2. The SMILES string of the molecule is COc1nn(CC(=O)Nc2c(C(N)=O)sc3nc(C(F)F)cc(-c4ccco4)c23)cc1[N+](=O)[O-]. The number of methoxy groups -OCH3 is 1. The fourth-order valence-corrected chi connectivity index (χ4v) is 4.23. The first-order valence-corrected chi connectivity index (χ1v) is 10.2. The molecule has 4 aromatic heterocycles. The van der Waals surface area contributed by atoms with Gasteiger partial charge in [-0.1, -0.05) is 0 Å². The Balaban J connectivity index is 1.78. The maximum absolute atomic E-state index is 13.4. The Kier molecular flexibility index (Phi) is 5.93. The van der Waals surface area contributed by atoms with E-state index in [1.165, 1.54) is 19.4 Å². The predicted molar refractivity (Wildman–Crippen MR) is 115 cm³/mol. The maximum atomic E-state index is 13.4. The molecule has 0 atom stereocenters. The van der Waals surface area contributed by atoms with Crippen molar-refractivity contribution in [1.82, 2.24) is 14.8 Å². The van der Waals surface area contributed by atoms with Gasteiger partial charge in [-0.15, -0.1) is 16.4 Å². The van der Waals surface area contributed by atoms with E-state index in [0.717, 1.165) is 28.3 Å². The van der Waals surface area contributed by atoms with Crippen LogP contribution in [0.5, 0.6) is 5.88 Å². The first kappa shape index (κ1) is 22.8. The van der Waals surface area contributed by atoms with E-state index in [9.17, 15) is 28.5 Å². The number of primary amides is 1. The molecule has 4 heterocycles. The summed E-state index contributed by atoms with van der Waals surface area (Å²) < 4.78 is 38.0. The van der Waals surface area contributed by atoms with E-state index in [1.54, 1.807) is 6.07 Å². The van der Waals surface area contributed by atoms with Crippen molar-refractivity contribution in [3.63, 3.8) is 0 Å². The van der Waals surface area contributed by atoms with E-state index in [0.29, 0.717) is 0 Å². The van der Waals surface area contributed by atoms with Crippen LogP contribution in [0.2, 0.25) is 0 Å². The number of amides is 2. The van der Waals surface area contributed by atoms with Crippen LogP contribution < -0.4 is 15.8 Å². The summed E-state index contributed by atoms with van der Waals surface area (Å²) in [4.78, 5) is 39.0. The molecule has 0 aliphatic carbocycles. The number of nitrogens with one attached hydrogen (secondary N) is 1. The molecule has 0 radical (unpaired) electrons. The highest BCUT2D eigenvalue weighted by Crippen LogP contribution is 2.42. The molecular weight excluding hydrogens is 478 g/mol. The summed E-state index contributed by atoms with van der Waals surface area (Å²) in [5, 5.41) is 17.6. The van der Waals surface area contributed by atoms with E-state index in [4.69, 9.17) is 14.9 Å². The molecule has 3 N–H and O–H groups in total. The van der Waals surface area contributed by atoms with Crippen molar-refractivity contribution < 1.29 is 32.4 Å². The normalized spacial score (nSPS) is 11.2. The lowest BCUT2D eigenvalue weighted by Crippen LogP contribution is -2.21. The summed E-state index contributed by atoms with van der Waals surface area (Å²) in [5.41, 5.74) is 4.58. The molecule has 2 amide bonds. The van der Waals surface area contributed by atoms with Gasteiger partial charge in [0.05, 0.1) is 24.0 Å². The van der Waals surface area contributed by atoms with E-state index in [-0.39, 0.29) is 38.0 Å². The fraction of sp³-hybridized carbons (Fsp3) is 0.158. The summed E-state index contributed by atoms with van der Waals surface area (Å²) >= 11 is 0.730.